The summed E-state index contributed by atoms with van der Waals surface area (Å²) in [4.78, 5) is 4.97. The number of piperazine rings is 1. The Labute approximate surface area is 192 Å². The van der Waals surface area contributed by atoms with Gasteiger partial charge in [0.15, 0.2) is 0 Å². The van der Waals surface area contributed by atoms with Crippen molar-refractivity contribution in [1.82, 2.24) is 10.2 Å². The van der Waals surface area contributed by atoms with Crippen LogP contribution in [0.15, 0.2) is 30.3 Å². The lowest BCUT2D eigenvalue weighted by atomic mass is 9.96. The van der Waals surface area contributed by atoms with Crippen LogP contribution >= 0.6 is 11.6 Å². The van der Waals surface area contributed by atoms with Crippen molar-refractivity contribution >= 4 is 17.3 Å². The van der Waals surface area contributed by atoms with Gasteiger partial charge in [-0.1, -0.05) is 17.7 Å². The number of hydrogen-bond acceptors (Lipinski definition) is 5. The minimum Gasteiger partial charge on any atom is -0.495 e. The number of nitrogens with zero attached hydrogens (tertiary/aromatic N) is 2. The van der Waals surface area contributed by atoms with Gasteiger partial charge in [-0.05, 0) is 75.7 Å². The number of halogens is 1. The Bertz CT molecular complexity index is 866. The fourth-order valence-electron chi connectivity index (χ4n) is 4.27. The van der Waals surface area contributed by atoms with Crippen LogP contribution in [0.2, 0.25) is 5.02 Å². The van der Waals surface area contributed by atoms with Crippen LogP contribution in [0.25, 0.3) is 0 Å². The van der Waals surface area contributed by atoms with Crippen molar-refractivity contribution in [3.05, 3.63) is 52.0 Å². The summed E-state index contributed by atoms with van der Waals surface area (Å²) in [7, 11) is 3.63. The number of hydrogen-bond donors (Lipinski definition) is 1. The van der Waals surface area contributed by atoms with Gasteiger partial charge in [-0.3, -0.25) is 4.90 Å². The third kappa shape index (κ3) is 5.65. The van der Waals surface area contributed by atoms with Gasteiger partial charge in [0.2, 0.25) is 0 Å². The Morgan fingerprint density at radius 2 is 1.77 bits per heavy atom. The molecule has 0 bridgehead atoms. The second kappa shape index (κ2) is 11.1. The Hall–Kier alpha value is -1.95. The highest BCUT2D eigenvalue weighted by Gasteiger charge is 2.24. The molecule has 0 aromatic heterocycles. The molecule has 2 aromatic rings. The molecular weight excluding hydrogens is 410 g/mol. The van der Waals surface area contributed by atoms with Crippen LogP contribution in [-0.4, -0.2) is 58.4 Å². The molecule has 6 heteroatoms. The van der Waals surface area contributed by atoms with E-state index in [1.807, 2.05) is 19.2 Å². The normalized spacial score (nSPS) is 15.7. The highest BCUT2D eigenvalue weighted by Crippen LogP contribution is 2.33. The zero-order valence-corrected chi connectivity index (χ0v) is 20.3. The Morgan fingerprint density at radius 3 is 2.45 bits per heavy atom. The van der Waals surface area contributed by atoms with E-state index in [9.17, 15) is 0 Å². The fraction of sp³-hybridized carbons (Fsp3) is 0.520. The maximum atomic E-state index is 6.19. The van der Waals surface area contributed by atoms with E-state index < -0.39 is 0 Å². The molecule has 1 unspecified atom stereocenters. The molecule has 1 heterocycles. The molecule has 0 saturated carbocycles. The molecule has 0 amide bonds. The van der Waals surface area contributed by atoms with E-state index >= 15 is 0 Å². The highest BCUT2D eigenvalue weighted by atomic mass is 35.5. The molecule has 1 aliphatic rings. The molecule has 1 N–H and O–H groups in total. The Morgan fingerprint density at radius 1 is 1.03 bits per heavy atom. The second-order valence-electron chi connectivity index (χ2n) is 8.23. The van der Waals surface area contributed by atoms with Gasteiger partial charge in [0.25, 0.3) is 0 Å². The van der Waals surface area contributed by atoms with Crippen molar-refractivity contribution in [2.45, 2.75) is 33.2 Å². The van der Waals surface area contributed by atoms with Gasteiger partial charge >= 0.3 is 0 Å². The summed E-state index contributed by atoms with van der Waals surface area (Å²) in [6.07, 6.45) is 1.01. The minimum atomic E-state index is 0.374. The third-order valence-electron chi connectivity index (χ3n) is 6.42. The monoisotopic (exact) mass is 445 g/mol. The number of nitrogens with one attached hydrogen (secondary N) is 1. The molecule has 0 spiro atoms. The van der Waals surface area contributed by atoms with Gasteiger partial charge in [0.05, 0.1) is 18.7 Å². The van der Waals surface area contributed by atoms with E-state index in [2.05, 4.69) is 54.1 Å². The van der Waals surface area contributed by atoms with Gasteiger partial charge < -0.3 is 19.7 Å². The van der Waals surface area contributed by atoms with E-state index in [1.165, 1.54) is 22.4 Å². The average Bonchev–Trinajstić information content (AvgIpc) is 2.79. The minimum absolute atomic E-state index is 0.374. The topological polar surface area (TPSA) is 37.0 Å². The third-order valence-corrected chi connectivity index (χ3v) is 6.73. The van der Waals surface area contributed by atoms with Crippen LogP contribution in [0.3, 0.4) is 0 Å². The number of anilines is 1. The largest absolute Gasteiger partial charge is 0.495 e. The van der Waals surface area contributed by atoms with Crippen LogP contribution in [-0.2, 0) is 0 Å². The lowest BCUT2D eigenvalue weighted by Crippen LogP contribution is -2.47. The summed E-state index contributed by atoms with van der Waals surface area (Å²) in [5, 5.41) is 3.81. The first-order chi connectivity index (χ1) is 15.0. The molecule has 31 heavy (non-hydrogen) atoms. The standard InChI is InChI=1S/C25H36ClN3O2/c1-18-19(2)24(31-16-6-11-27-4)10-8-22(18)20(3)28-12-14-29(15-13-28)21-7-9-23(26)25(17-21)30-5/h7-10,17,20,27H,6,11-16H2,1-5H3. The maximum absolute atomic E-state index is 6.19. The Kier molecular flexibility index (Phi) is 8.47. The molecule has 5 nitrogen and oxygen atoms in total. The molecule has 1 saturated heterocycles. The van der Waals surface area contributed by atoms with E-state index in [0.717, 1.165) is 57.3 Å². The summed E-state index contributed by atoms with van der Waals surface area (Å²) in [6.45, 7) is 12.4. The molecule has 170 valence electrons. The van der Waals surface area contributed by atoms with Crippen LogP contribution in [0, 0.1) is 13.8 Å². The van der Waals surface area contributed by atoms with E-state index in [0.29, 0.717) is 11.1 Å². The van der Waals surface area contributed by atoms with Gasteiger partial charge in [-0.25, -0.2) is 0 Å². The van der Waals surface area contributed by atoms with E-state index in [-0.39, 0.29) is 0 Å². The molecular formula is C25H36ClN3O2. The molecule has 1 fully saturated rings. The summed E-state index contributed by atoms with van der Waals surface area (Å²) in [5.74, 6) is 1.74. The molecule has 0 aliphatic carbocycles. The zero-order valence-electron chi connectivity index (χ0n) is 19.5. The van der Waals surface area contributed by atoms with E-state index in [4.69, 9.17) is 21.1 Å². The van der Waals surface area contributed by atoms with Crippen molar-refractivity contribution < 1.29 is 9.47 Å². The number of rotatable bonds is 9. The van der Waals surface area contributed by atoms with E-state index in [1.54, 1.807) is 7.11 Å². The highest BCUT2D eigenvalue weighted by molar-refractivity contribution is 6.32. The predicted molar refractivity (Wildman–Crippen MR) is 130 cm³/mol. The van der Waals surface area contributed by atoms with Crippen LogP contribution in [0.5, 0.6) is 11.5 Å². The average molecular weight is 446 g/mol. The Balaban J connectivity index is 1.62. The second-order valence-corrected chi connectivity index (χ2v) is 8.63. The predicted octanol–water partition coefficient (Wildman–Crippen LogP) is 4.84. The lowest BCUT2D eigenvalue weighted by molar-refractivity contribution is 0.198. The molecule has 1 aliphatic heterocycles. The smallest absolute Gasteiger partial charge is 0.139 e. The summed E-state index contributed by atoms with van der Waals surface area (Å²) in [6, 6.07) is 10.8. The first-order valence-corrected chi connectivity index (χ1v) is 11.5. The quantitative estimate of drug-likeness (QED) is 0.559. The van der Waals surface area contributed by atoms with Gasteiger partial charge in [-0.2, -0.15) is 0 Å². The van der Waals surface area contributed by atoms with Gasteiger partial charge in [0.1, 0.15) is 11.5 Å². The van der Waals surface area contributed by atoms with Crippen molar-refractivity contribution in [3.63, 3.8) is 0 Å². The fourth-order valence-corrected chi connectivity index (χ4v) is 4.46. The molecule has 2 aromatic carbocycles. The number of ether oxygens (including phenoxy) is 2. The molecule has 3 rings (SSSR count). The molecule has 1 atom stereocenters. The van der Waals surface area contributed by atoms with Crippen molar-refractivity contribution in [2.75, 3.05) is 58.4 Å². The van der Waals surface area contributed by atoms with Crippen LogP contribution in [0.4, 0.5) is 5.69 Å². The van der Waals surface area contributed by atoms with Crippen LogP contribution in [0.1, 0.15) is 36.1 Å². The first-order valence-electron chi connectivity index (χ1n) is 11.2. The number of methoxy groups -OCH3 is 1. The SMILES string of the molecule is CNCCCOc1ccc(C(C)N2CCN(c3ccc(Cl)c(OC)c3)CC2)c(C)c1C. The van der Waals surface area contributed by atoms with Crippen molar-refractivity contribution in [3.8, 4) is 11.5 Å². The lowest BCUT2D eigenvalue weighted by Gasteiger charge is -2.40. The van der Waals surface area contributed by atoms with Crippen LogP contribution < -0.4 is 19.7 Å². The van der Waals surface area contributed by atoms with Gasteiger partial charge in [-0.15, -0.1) is 0 Å². The summed E-state index contributed by atoms with van der Waals surface area (Å²) < 4.78 is 11.4. The summed E-state index contributed by atoms with van der Waals surface area (Å²) in [5.41, 5.74) is 5.14. The summed E-state index contributed by atoms with van der Waals surface area (Å²) >= 11 is 6.19. The van der Waals surface area contributed by atoms with Crippen molar-refractivity contribution in [1.29, 1.82) is 0 Å². The maximum Gasteiger partial charge on any atom is 0.139 e. The van der Waals surface area contributed by atoms with Crippen molar-refractivity contribution in [2.24, 2.45) is 0 Å². The van der Waals surface area contributed by atoms with Gasteiger partial charge in [0, 0.05) is 44.0 Å². The first kappa shape index (κ1) is 23.7. The number of benzene rings is 2. The molecule has 0 radical (unpaired) electrons. The zero-order chi connectivity index (χ0) is 22.4.